The quantitative estimate of drug-likeness (QED) is 0.732. The predicted octanol–water partition coefficient (Wildman–Crippen LogP) is -1.07. The van der Waals surface area contributed by atoms with E-state index in [0.717, 1.165) is 0 Å². The van der Waals surface area contributed by atoms with Crippen molar-refractivity contribution < 1.29 is 13.2 Å². The normalized spacial score (nSPS) is 18.8. The smallest absolute Gasteiger partial charge is 0.260 e. The summed E-state index contributed by atoms with van der Waals surface area (Å²) in [6.45, 7) is 0.718. The van der Waals surface area contributed by atoms with E-state index >= 15 is 0 Å². The fourth-order valence-corrected chi connectivity index (χ4v) is 3.27. The Balaban J connectivity index is 2.32. The zero-order chi connectivity index (χ0) is 12.5. The fourth-order valence-electron chi connectivity index (χ4n) is 1.73. The van der Waals surface area contributed by atoms with Gasteiger partial charge in [0.25, 0.3) is 10.0 Å². The maximum absolute atomic E-state index is 12.3. The maximum atomic E-state index is 12.3. The van der Waals surface area contributed by atoms with Gasteiger partial charge in [-0.05, 0) is 12.5 Å². The minimum atomic E-state index is -3.63. The molecule has 2 heterocycles. The van der Waals surface area contributed by atoms with Crippen LogP contribution in [0.15, 0.2) is 17.3 Å². The van der Waals surface area contributed by atoms with E-state index in [1.165, 1.54) is 21.3 Å². The Hall–Kier alpha value is -1.41. The molecule has 0 spiro atoms. The summed E-state index contributed by atoms with van der Waals surface area (Å²) >= 11 is 0. The molecule has 94 valence electrons. The monoisotopic (exact) mass is 258 g/mol. The second-order valence-corrected chi connectivity index (χ2v) is 5.72. The van der Waals surface area contributed by atoms with Gasteiger partial charge in [0.15, 0.2) is 5.03 Å². The summed E-state index contributed by atoms with van der Waals surface area (Å²) in [5, 5.41) is 6.57. The molecular weight excluding hydrogens is 244 g/mol. The lowest BCUT2D eigenvalue weighted by atomic mass is 10.4. The first kappa shape index (κ1) is 12.1. The third-order valence-corrected chi connectivity index (χ3v) is 4.53. The van der Waals surface area contributed by atoms with Crippen LogP contribution in [0.2, 0.25) is 0 Å². The van der Waals surface area contributed by atoms with Crippen LogP contribution in [-0.4, -0.2) is 48.0 Å². The number of rotatable bonds is 2. The van der Waals surface area contributed by atoms with Crippen molar-refractivity contribution in [1.82, 2.24) is 19.4 Å². The van der Waals surface area contributed by atoms with Crippen molar-refractivity contribution in [2.45, 2.75) is 11.4 Å². The molecule has 1 fully saturated rings. The Bertz CT molecular complexity index is 522. The largest absolute Gasteiger partial charge is 0.355 e. The number of nitrogens with one attached hydrogen (secondary N) is 1. The predicted molar refractivity (Wildman–Crippen MR) is 59.6 cm³/mol. The van der Waals surface area contributed by atoms with Gasteiger partial charge in [-0.2, -0.15) is 9.40 Å². The number of amides is 1. The van der Waals surface area contributed by atoms with E-state index in [1.54, 1.807) is 7.05 Å². The van der Waals surface area contributed by atoms with Gasteiger partial charge in [-0.15, -0.1) is 0 Å². The second kappa shape index (κ2) is 4.46. The van der Waals surface area contributed by atoms with E-state index in [2.05, 4.69) is 10.4 Å². The molecule has 0 unspecified atom stereocenters. The van der Waals surface area contributed by atoms with E-state index in [4.69, 9.17) is 0 Å². The molecule has 17 heavy (non-hydrogen) atoms. The summed E-state index contributed by atoms with van der Waals surface area (Å²) in [7, 11) is -2.07. The van der Waals surface area contributed by atoms with Crippen LogP contribution in [0.1, 0.15) is 6.42 Å². The molecule has 7 nitrogen and oxygen atoms in total. The lowest BCUT2D eigenvalue weighted by Gasteiger charge is -2.18. The third-order valence-electron chi connectivity index (χ3n) is 2.61. The van der Waals surface area contributed by atoms with Crippen LogP contribution in [0.5, 0.6) is 0 Å². The van der Waals surface area contributed by atoms with E-state index < -0.39 is 10.0 Å². The molecule has 1 saturated heterocycles. The summed E-state index contributed by atoms with van der Waals surface area (Å²) in [6, 6.07) is 1.43. The molecule has 2 rings (SSSR count). The SMILES string of the molecule is Cn1nccc1S(=O)(=O)N1CCCNC(=O)C1. The molecule has 1 amide bonds. The van der Waals surface area contributed by atoms with Gasteiger partial charge < -0.3 is 5.32 Å². The Kier molecular flexibility index (Phi) is 3.16. The van der Waals surface area contributed by atoms with Crippen LogP contribution in [-0.2, 0) is 21.9 Å². The number of aromatic nitrogens is 2. The van der Waals surface area contributed by atoms with E-state index in [1.807, 2.05) is 0 Å². The molecular formula is C9H14N4O3S. The van der Waals surface area contributed by atoms with Gasteiger partial charge >= 0.3 is 0 Å². The minimum absolute atomic E-state index is 0.104. The van der Waals surface area contributed by atoms with Crippen molar-refractivity contribution in [1.29, 1.82) is 0 Å². The van der Waals surface area contributed by atoms with Gasteiger partial charge in [0.2, 0.25) is 5.91 Å². The number of hydrogen-bond donors (Lipinski definition) is 1. The topological polar surface area (TPSA) is 84.3 Å². The highest BCUT2D eigenvalue weighted by Crippen LogP contribution is 2.15. The zero-order valence-corrected chi connectivity index (χ0v) is 10.3. The summed E-state index contributed by atoms with van der Waals surface area (Å²) < 4.78 is 27.0. The Morgan fingerprint density at radius 3 is 2.88 bits per heavy atom. The fraction of sp³-hybridized carbons (Fsp3) is 0.556. The average Bonchev–Trinajstić information content (AvgIpc) is 2.57. The molecule has 1 aliphatic rings. The molecule has 1 aliphatic heterocycles. The maximum Gasteiger partial charge on any atom is 0.260 e. The van der Waals surface area contributed by atoms with Crippen LogP contribution in [0.4, 0.5) is 0 Å². The summed E-state index contributed by atoms with van der Waals surface area (Å²) in [5.74, 6) is -0.270. The highest BCUT2D eigenvalue weighted by atomic mass is 32.2. The molecule has 0 saturated carbocycles. The first-order valence-electron chi connectivity index (χ1n) is 5.26. The van der Waals surface area contributed by atoms with E-state index in [0.29, 0.717) is 19.5 Å². The van der Waals surface area contributed by atoms with Crippen molar-refractivity contribution in [3.05, 3.63) is 12.3 Å². The van der Waals surface area contributed by atoms with Crippen molar-refractivity contribution in [2.24, 2.45) is 7.05 Å². The average molecular weight is 258 g/mol. The Morgan fingerprint density at radius 1 is 1.47 bits per heavy atom. The van der Waals surface area contributed by atoms with Crippen molar-refractivity contribution >= 4 is 15.9 Å². The van der Waals surface area contributed by atoms with Gasteiger partial charge in [-0.25, -0.2) is 8.42 Å². The van der Waals surface area contributed by atoms with Crippen LogP contribution in [0.25, 0.3) is 0 Å². The highest BCUT2D eigenvalue weighted by Gasteiger charge is 2.29. The number of carbonyl (C=O) groups excluding carboxylic acids is 1. The van der Waals surface area contributed by atoms with E-state index in [-0.39, 0.29) is 17.5 Å². The molecule has 1 aromatic rings. The van der Waals surface area contributed by atoms with Gasteiger partial charge in [0.05, 0.1) is 12.7 Å². The van der Waals surface area contributed by atoms with Crippen LogP contribution in [0, 0.1) is 0 Å². The highest BCUT2D eigenvalue weighted by molar-refractivity contribution is 7.89. The molecule has 0 aromatic carbocycles. The molecule has 0 aliphatic carbocycles. The Morgan fingerprint density at radius 2 is 2.24 bits per heavy atom. The molecule has 8 heteroatoms. The molecule has 1 aromatic heterocycles. The number of nitrogens with zero attached hydrogens (tertiary/aromatic N) is 3. The van der Waals surface area contributed by atoms with Crippen LogP contribution < -0.4 is 5.32 Å². The molecule has 0 radical (unpaired) electrons. The standard InChI is InChI=1S/C9H14N4O3S/c1-12-9(3-5-11-12)17(15,16)13-6-2-4-10-8(14)7-13/h3,5H,2,4,6-7H2,1H3,(H,10,14). The summed E-state index contributed by atoms with van der Waals surface area (Å²) in [6.07, 6.45) is 2.04. The Labute approximate surface area is 99.5 Å². The number of sulfonamides is 1. The number of carbonyl (C=O) groups is 1. The third kappa shape index (κ3) is 2.32. The van der Waals surface area contributed by atoms with Crippen LogP contribution in [0.3, 0.4) is 0 Å². The van der Waals surface area contributed by atoms with Gasteiger partial charge in [-0.1, -0.05) is 0 Å². The number of aryl methyl sites for hydroxylation is 1. The zero-order valence-electron chi connectivity index (χ0n) is 9.46. The van der Waals surface area contributed by atoms with Crippen LogP contribution >= 0.6 is 0 Å². The van der Waals surface area contributed by atoms with Crippen molar-refractivity contribution in [2.75, 3.05) is 19.6 Å². The first-order valence-corrected chi connectivity index (χ1v) is 6.70. The molecule has 0 atom stereocenters. The lowest BCUT2D eigenvalue weighted by Crippen LogP contribution is -2.38. The minimum Gasteiger partial charge on any atom is -0.355 e. The summed E-state index contributed by atoms with van der Waals surface area (Å²) in [4.78, 5) is 11.4. The van der Waals surface area contributed by atoms with Gasteiger partial charge in [-0.3, -0.25) is 9.48 Å². The second-order valence-electron chi connectivity index (χ2n) is 3.84. The van der Waals surface area contributed by atoms with E-state index in [9.17, 15) is 13.2 Å². The van der Waals surface area contributed by atoms with Crippen molar-refractivity contribution in [3.63, 3.8) is 0 Å². The number of hydrogen-bond acceptors (Lipinski definition) is 4. The van der Waals surface area contributed by atoms with Gasteiger partial charge in [0.1, 0.15) is 0 Å². The summed E-state index contributed by atoms with van der Waals surface area (Å²) in [5.41, 5.74) is 0. The van der Waals surface area contributed by atoms with Gasteiger partial charge in [0, 0.05) is 20.1 Å². The molecule has 1 N–H and O–H groups in total. The van der Waals surface area contributed by atoms with Crippen molar-refractivity contribution in [3.8, 4) is 0 Å². The first-order chi connectivity index (χ1) is 8.01. The molecule has 0 bridgehead atoms. The lowest BCUT2D eigenvalue weighted by molar-refractivity contribution is -0.120.